The summed E-state index contributed by atoms with van der Waals surface area (Å²) < 4.78 is 19.6. The third-order valence-electron chi connectivity index (χ3n) is 10.4. The van der Waals surface area contributed by atoms with Gasteiger partial charge >= 0.3 is 5.97 Å². The number of rotatable bonds is 28. The molecule has 8 N–H and O–H groups in total. The van der Waals surface area contributed by atoms with Crippen molar-refractivity contribution in [1.82, 2.24) is 54.7 Å². The van der Waals surface area contributed by atoms with Crippen molar-refractivity contribution in [3.8, 4) is 12.3 Å². The summed E-state index contributed by atoms with van der Waals surface area (Å²) in [4.78, 5) is 60.6. The van der Waals surface area contributed by atoms with Gasteiger partial charge in [0.25, 0.3) is 0 Å². The number of aliphatic carboxylic acids is 1. The highest BCUT2D eigenvalue weighted by molar-refractivity contribution is 5.80. The zero-order valence-electron chi connectivity index (χ0n) is 35.8. The number of carboxylic acid groups (broad SMARTS) is 1. The first-order valence-corrected chi connectivity index (χ1v) is 21.6. The van der Waals surface area contributed by atoms with E-state index in [4.69, 9.17) is 40.7 Å². The number of aryl methyl sites for hydroxylation is 2. The molecule has 0 saturated carbocycles. The van der Waals surface area contributed by atoms with Crippen molar-refractivity contribution in [2.45, 2.75) is 64.0 Å². The van der Waals surface area contributed by atoms with Crippen LogP contribution in [-0.2, 0) is 48.0 Å². The lowest BCUT2D eigenvalue weighted by molar-refractivity contribution is -0.368. The van der Waals surface area contributed by atoms with Crippen LogP contribution < -0.4 is 26.6 Å². The van der Waals surface area contributed by atoms with E-state index in [1.165, 1.54) is 0 Å². The van der Waals surface area contributed by atoms with Crippen molar-refractivity contribution in [2.75, 3.05) is 127 Å². The highest BCUT2D eigenvalue weighted by atomic mass is 16.5. The number of carbonyl (C=O) groups is 3. The number of aromatic nitrogens is 9. The van der Waals surface area contributed by atoms with Crippen LogP contribution in [0.1, 0.15) is 56.0 Å². The Morgan fingerprint density at radius 3 is 2.03 bits per heavy atom. The number of carbonyl (C=O) groups excluding carboxylic acids is 2. The number of anilines is 3. The summed E-state index contributed by atoms with van der Waals surface area (Å²) >= 11 is 0. The molecular formula is C39H64N16O7+2. The SMILES string of the molecule is C#CCOCCOCCOCCNc1nc(N2CCN(C(=O)Cn3cc(CCCC[NH3+])nn3)CC2)nc(N2CCN(C(=O)[C@H](CCCC[NH3+])n3cc(CCC(=O)O)nn3)CC2)n1. The minimum absolute atomic E-state index is 0.0281. The molecule has 62 heavy (non-hydrogen) atoms. The second kappa shape index (κ2) is 26.1. The molecule has 23 heteroatoms. The standard InChI is InChI=1S/C39H62N16O7/c1-2-22-60-24-26-62-27-25-61-23-13-42-37-43-38(52-18-14-50(15-19-52)34(56)30-54-28-31(46-48-54)7-3-5-11-40)45-39(44-37)53-20-16-51(17-21-53)36(59)33(8-4-6-12-41)55-29-32(47-49-55)9-10-35(57)58/h1,28-29,33H,3-27,30,40-41H2,(H,57,58)(H,42,43,44,45)/p+2/t33-/m0/s1. The van der Waals surface area contributed by atoms with Crippen molar-refractivity contribution >= 4 is 35.6 Å². The number of unbranched alkanes of at least 4 members (excludes halogenated alkanes) is 2. The number of hydrogen-bond donors (Lipinski definition) is 4. The van der Waals surface area contributed by atoms with Gasteiger partial charge in [-0.05, 0) is 38.5 Å². The number of nitrogens with zero attached hydrogens (tertiary/aromatic N) is 13. The normalized spacial score (nSPS) is 14.9. The van der Waals surface area contributed by atoms with Gasteiger partial charge in [-0.25, -0.2) is 9.36 Å². The van der Waals surface area contributed by atoms with Crippen molar-refractivity contribution < 1.29 is 45.2 Å². The van der Waals surface area contributed by atoms with Gasteiger partial charge in [-0.2, -0.15) is 15.0 Å². The molecule has 340 valence electrons. The fourth-order valence-corrected chi connectivity index (χ4v) is 6.97. The average Bonchev–Trinajstić information content (AvgIpc) is 3.96. The Bertz CT molecular complexity index is 1860. The monoisotopic (exact) mass is 869 g/mol. The highest BCUT2D eigenvalue weighted by Gasteiger charge is 2.31. The van der Waals surface area contributed by atoms with E-state index in [2.05, 4.69) is 48.2 Å². The van der Waals surface area contributed by atoms with Crippen LogP contribution in [0.3, 0.4) is 0 Å². The Hall–Kier alpha value is -5.54. The summed E-state index contributed by atoms with van der Waals surface area (Å²) in [5.74, 6) is 2.76. The Labute approximate surface area is 361 Å². The van der Waals surface area contributed by atoms with Gasteiger partial charge in [-0.15, -0.1) is 16.6 Å². The van der Waals surface area contributed by atoms with Crippen molar-refractivity contribution in [3.63, 3.8) is 0 Å². The molecule has 0 aliphatic carbocycles. The number of amides is 2. The molecule has 0 unspecified atom stereocenters. The van der Waals surface area contributed by atoms with Crippen LogP contribution in [0.2, 0.25) is 0 Å². The maximum atomic E-state index is 14.0. The lowest BCUT2D eigenvalue weighted by Crippen LogP contribution is -2.52. The molecule has 0 radical (unpaired) electrons. The van der Waals surface area contributed by atoms with E-state index in [-0.39, 0.29) is 37.8 Å². The topological polar surface area (TPSA) is 279 Å². The summed E-state index contributed by atoms with van der Waals surface area (Å²) in [5.41, 5.74) is 9.23. The van der Waals surface area contributed by atoms with Gasteiger partial charge in [-0.1, -0.05) is 16.3 Å². The minimum atomic E-state index is -0.918. The summed E-state index contributed by atoms with van der Waals surface area (Å²) in [6.45, 7) is 8.40. The van der Waals surface area contributed by atoms with E-state index in [0.29, 0.717) is 122 Å². The van der Waals surface area contributed by atoms with Crippen molar-refractivity contribution in [2.24, 2.45) is 0 Å². The van der Waals surface area contributed by atoms with E-state index in [1.807, 2.05) is 20.9 Å². The number of nitrogens with one attached hydrogen (secondary N) is 1. The Morgan fingerprint density at radius 1 is 0.758 bits per heavy atom. The van der Waals surface area contributed by atoms with E-state index >= 15 is 0 Å². The molecule has 3 aromatic rings. The maximum Gasteiger partial charge on any atom is 0.303 e. The zero-order valence-corrected chi connectivity index (χ0v) is 35.8. The molecule has 5 rings (SSSR count). The second-order valence-corrected chi connectivity index (χ2v) is 15.0. The molecule has 0 aromatic carbocycles. The van der Waals surface area contributed by atoms with Gasteiger partial charge in [0.05, 0.1) is 63.9 Å². The fourth-order valence-electron chi connectivity index (χ4n) is 6.97. The lowest BCUT2D eigenvalue weighted by Gasteiger charge is -2.37. The van der Waals surface area contributed by atoms with Gasteiger partial charge < -0.3 is 55.7 Å². The van der Waals surface area contributed by atoms with Crippen LogP contribution >= 0.6 is 0 Å². The molecular weight excluding hydrogens is 805 g/mol. The lowest BCUT2D eigenvalue weighted by atomic mass is 10.1. The molecule has 2 aliphatic rings. The van der Waals surface area contributed by atoms with E-state index in [0.717, 1.165) is 50.9 Å². The Morgan fingerprint density at radius 2 is 1.37 bits per heavy atom. The van der Waals surface area contributed by atoms with E-state index in [9.17, 15) is 14.4 Å². The number of hydrogen-bond acceptors (Lipinski definition) is 16. The van der Waals surface area contributed by atoms with Gasteiger partial charge in [0.15, 0.2) is 0 Å². The number of piperazine rings is 2. The molecule has 2 saturated heterocycles. The molecule has 0 spiro atoms. The van der Waals surface area contributed by atoms with Gasteiger partial charge in [0, 0.05) is 77.7 Å². The van der Waals surface area contributed by atoms with E-state index < -0.39 is 12.0 Å². The van der Waals surface area contributed by atoms with Gasteiger partial charge in [0.1, 0.15) is 19.2 Å². The van der Waals surface area contributed by atoms with Gasteiger partial charge in [-0.3, -0.25) is 14.4 Å². The van der Waals surface area contributed by atoms with Crippen molar-refractivity contribution in [3.05, 3.63) is 23.8 Å². The first-order valence-electron chi connectivity index (χ1n) is 21.6. The predicted octanol–water partition coefficient (Wildman–Crippen LogP) is -2.62. The molecule has 5 heterocycles. The molecule has 23 nitrogen and oxygen atoms in total. The summed E-state index contributed by atoms with van der Waals surface area (Å²) in [7, 11) is 0. The predicted molar refractivity (Wildman–Crippen MR) is 225 cm³/mol. The van der Waals surface area contributed by atoms with Crippen LogP contribution in [0.15, 0.2) is 12.4 Å². The van der Waals surface area contributed by atoms with Gasteiger partial charge in [0.2, 0.25) is 29.7 Å². The third-order valence-corrected chi connectivity index (χ3v) is 10.4. The number of terminal acetylenes is 1. The molecule has 2 aliphatic heterocycles. The van der Waals surface area contributed by atoms with E-state index in [1.54, 1.807) is 15.6 Å². The van der Waals surface area contributed by atoms with Crippen molar-refractivity contribution in [1.29, 1.82) is 0 Å². The number of carboxylic acids is 1. The maximum absolute atomic E-state index is 14.0. The highest BCUT2D eigenvalue weighted by Crippen LogP contribution is 2.23. The number of ether oxygens (including phenoxy) is 3. The molecule has 1 atom stereocenters. The van der Waals surface area contributed by atoms with Crippen LogP contribution in [0.5, 0.6) is 0 Å². The molecule has 3 aromatic heterocycles. The second-order valence-electron chi connectivity index (χ2n) is 15.0. The zero-order chi connectivity index (χ0) is 43.9. The Kier molecular flexibility index (Phi) is 20.0. The number of quaternary nitrogens is 2. The molecule has 0 bridgehead atoms. The Balaban J connectivity index is 1.20. The summed E-state index contributed by atoms with van der Waals surface area (Å²) in [5, 5.41) is 29.2. The van der Waals surface area contributed by atoms with Crippen LogP contribution in [-0.4, -0.2) is 189 Å². The summed E-state index contributed by atoms with van der Waals surface area (Å²) in [6.07, 6.45) is 13.9. The molecule has 2 amide bonds. The minimum Gasteiger partial charge on any atom is -0.481 e. The first-order chi connectivity index (χ1) is 30.3. The van der Waals surface area contributed by atoms with Crippen LogP contribution in [0.25, 0.3) is 0 Å². The largest absolute Gasteiger partial charge is 0.481 e. The van der Waals surface area contributed by atoms with Crippen LogP contribution in [0.4, 0.5) is 17.8 Å². The fraction of sp³-hybridized carbons (Fsp3) is 0.692. The first kappa shape index (κ1) is 47.5. The quantitative estimate of drug-likeness (QED) is 0.0430. The van der Waals surface area contributed by atoms with Crippen LogP contribution in [0, 0.1) is 12.3 Å². The smallest absolute Gasteiger partial charge is 0.303 e. The third kappa shape index (κ3) is 15.4. The molecule has 2 fully saturated rings. The average molecular weight is 869 g/mol. The summed E-state index contributed by atoms with van der Waals surface area (Å²) in [6, 6.07) is -0.562.